The summed E-state index contributed by atoms with van der Waals surface area (Å²) in [5.41, 5.74) is 10.2. The van der Waals surface area contributed by atoms with Crippen molar-refractivity contribution < 1.29 is 56.7 Å². The predicted molar refractivity (Wildman–Crippen MR) is 428 cm³/mol. The van der Waals surface area contributed by atoms with Gasteiger partial charge in [0.25, 0.3) is 0 Å². The van der Waals surface area contributed by atoms with Gasteiger partial charge in [0.05, 0.1) is 34.0 Å². The fourth-order valence-corrected chi connectivity index (χ4v) is 16.1. The topological polar surface area (TPSA) is 119 Å². The monoisotopic (exact) mass is 1450 g/mol. The molecule has 2 aliphatic rings. The molecule has 0 aromatic heterocycles. The molecule has 2 unspecified atom stereocenters. The number of carbonyl (C=O) groups excluding carboxylic acids is 1. The first-order valence-corrected chi connectivity index (χ1v) is 38.4. The van der Waals surface area contributed by atoms with Crippen LogP contribution in [0, 0.1) is 6.92 Å². The van der Waals surface area contributed by atoms with Gasteiger partial charge in [0.1, 0.15) is 17.3 Å². The molecule has 9 rings (SSSR count). The van der Waals surface area contributed by atoms with Crippen molar-refractivity contribution in [3.8, 4) is 11.5 Å². The van der Waals surface area contributed by atoms with E-state index in [0.29, 0.717) is 19.6 Å². The molecule has 0 aliphatic carbocycles. The molecule has 9 nitrogen and oxygen atoms in total. The summed E-state index contributed by atoms with van der Waals surface area (Å²) >= 11 is 1.86. The van der Waals surface area contributed by atoms with Gasteiger partial charge in [0, 0.05) is 19.6 Å². The minimum atomic E-state index is -1.93. The molecular formula is C83H119BrMgNO8P2S+. The van der Waals surface area contributed by atoms with Crippen molar-refractivity contribution in [3.05, 3.63) is 248 Å². The maximum absolute atomic E-state index is 9.81. The maximum Gasteiger partial charge on any atom is 2.00 e. The van der Waals surface area contributed by atoms with E-state index in [0.717, 1.165) is 63.2 Å². The Morgan fingerprint density at radius 3 is 1.04 bits per heavy atom. The molecule has 0 radical (unpaired) electrons. The Morgan fingerprint density at radius 1 is 0.526 bits per heavy atom. The molecule has 0 bridgehead atoms. The van der Waals surface area contributed by atoms with Crippen LogP contribution in [0.15, 0.2) is 241 Å². The summed E-state index contributed by atoms with van der Waals surface area (Å²) in [4.78, 5) is 9.81. The van der Waals surface area contributed by atoms with E-state index in [2.05, 4.69) is 230 Å². The van der Waals surface area contributed by atoms with Crippen molar-refractivity contribution in [3.63, 3.8) is 0 Å². The Kier molecular flexibility index (Phi) is 57.8. The molecule has 528 valence electrons. The van der Waals surface area contributed by atoms with Crippen LogP contribution >= 0.6 is 25.5 Å². The molecule has 2 fully saturated rings. The van der Waals surface area contributed by atoms with Crippen LogP contribution in [-0.2, 0) is 23.7 Å². The minimum absolute atomic E-state index is 0. The second kappa shape index (κ2) is 59.7. The summed E-state index contributed by atoms with van der Waals surface area (Å²) in [6.45, 7) is 21.1. The third-order valence-corrected chi connectivity index (χ3v) is 23.8. The van der Waals surface area contributed by atoms with E-state index < -0.39 is 13.8 Å². The molecule has 14 heteroatoms. The Morgan fingerprint density at radius 2 is 0.825 bits per heavy atom. The van der Waals surface area contributed by atoms with E-state index in [9.17, 15) is 4.79 Å². The summed E-state index contributed by atoms with van der Waals surface area (Å²) in [7, 11) is 3.28. The van der Waals surface area contributed by atoms with Crippen LogP contribution in [0.3, 0.4) is 0 Å². The molecule has 0 spiro atoms. The normalized spacial score (nSPS) is 13.9. The first-order chi connectivity index (χ1) is 45.8. The van der Waals surface area contributed by atoms with Gasteiger partial charge in [0.15, 0.2) is 12.6 Å². The van der Waals surface area contributed by atoms with Gasteiger partial charge in [-0.05, 0) is 166 Å². The molecule has 0 saturated carbocycles. The van der Waals surface area contributed by atoms with Gasteiger partial charge in [-0.15, -0.1) is 13.3 Å². The fourth-order valence-electron chi connectivity index (χ4n) is 8.99. The zero-order valence-corrected chi connectivity index (χ0v) is 65.6. The third kappa shape index (κ3) is 37.2. The molecular weight excluding hydrogens is 1340 g/mol. The van der Waals surface area contributed by atoms with Crippen molar-refractivity contribution in [2.45, 2.75) is 147 Å². The average Bonchev–Trinajstić information content (AvgIpc) is 0.772. The molecule has 7 aromatic rings. The Hall–Kier alpha value is -5.14. The number of benzene rings is 7. The Labute approximate surface area is 621 Å². The Balaban J connectivity index is -0.00000114. The number of Topliss-reactive ketones (excluding diaryl/α,β-unsaturated/α-hetero) is 1. The number of methoxy groups -OCH3 is 2. The van der Waals surface area contributed by atoms with Crippen molar-refractivity contribution in [1.29, 1.82) is 0 Å². The summed E-state index contributed by atoms with van der Waals surface area (Å²) in [5.74, 6) is 7.50. The van der Waals surface area contributed by atoms with Crippen LogP contribution in [0.1, 0.15) is 135 Å². The fraction of sp³-hybridized carbons (Fsp3) is 0.373. The van der Waals surface area contributed by atoms with Gasteiger partial charge in [-0.3, -0.25) is 0 Å². The number of thioether (sulfide) groups is 1. The molecule has 2 aliphatic heterocycles. The van der Waals surface area contributed by atoms with Gasteiger partial charge >= 0.3 is 24.5 Å². The number of nitrogens with two attached hydrogens (primary N) is 1. The van der Waals surface area contributed by atoms with E-state index in [1.54, 1.807) is 21.1 Å². The molecule has 3 N–H and O–H groups in total. The number of rotatable bonds is 20. The number of halogens is 1. The van der Waals surface area contributed by atoms with Crippen molar-refractivity contribution in [1.82, 2.24) is 0 Å². The zero-order chi connectivity index (χ0) is 68.9. The smallest absolute Gasteiger partial charge is 1.00 e. The quantitative estimate of drug-likeness (QED) is 0.0330. The SMILES string of the molecule is C.C(COC1CCCCO1)=P(c1ccccc1)(c1ccccc1)c1ccccc1.CC/C(C)=C/CO.CC/C(C)=C/COC1CCCCO1.CCC(C)=O.CCSC.COc1ccc(OC)cc1.NC=P(c1ccccc1)(c1ccccc1)c1ccccc1.[Br-].[CH2-]/C=C(\C)CC.[H+].[Mg+2]. The molecule has 7 aromatic carbocycles. The van der Waals surface area contributed by atoms with E-state index in [1.807, 2.05) is 86.1 Å². The van der Waals surface area contributed by atoms with E-state index >= 15 is 0 Å². The standard InChI is InChI=1S/C25H27O2P.C19H18NP.C11H20O2.C8H10O2.C6H12O.C6H11.C4H8O.C3H8S.CH4.BrH.Mg/c1-4-12-22(13-5-1)28(23-14-6-2-7-15-23,24-16-8-3-9-17-24)21-20-27-25-18-10-11-19-26-25;20-16-21(17-10-4-1-5-11-17,18-12-6-2-7-13-18)19-14-8-3-9-15-19;1-3-10(2)7-9-13-11-6-4-5-8-12-11;1-9-7-3-5-8(10-2)6-4-7;1-3-6(2)4-5-7;1-4-6(3)5-2;1-3-4(2)5;1-3-4-2;;;/h1-9,12-17,21,25H,10-11,18-20H2;1-16H,20H2;7,11H,3-6,8-9H2,1-2H3;3-6H,1-2H3;4,7H,3,5H2,1-2H3;4H,1,5H2,2-3H3;3H2,1-2H3;3H2,1-2H3;1H4;1H;/q;;;;;-1;;;;;+2/b;;10-7+;;2*6-4+;;;;;. The third-order valence-electron chi connectivity index (χ3n) is 15.4. The van der Waals surface area contributed by atoms with Crippen molar-refractivity contribution in [2.24, 2.45) is 5.73 Å². The maximum atomic E-state index is 9.81. The number of hydrogen-bond donors (Lipinski definition) is 2. The minimum Gasteiger partial charge on any atom is -1.00 e. The number of ether oxygens (including phenoxy) is 6. The second-order valence-corrected chi connectivity index (χ2v) is 29.8. The van der Waals surface area contributed by atoms with E-state index in [1.165, 1.54) is 73.6 Å². The largest absolute Gasteiger partial charge is 2.00 e. The van der Waals surface area contributed by atoms with Gasteiger partial charge < -0.3 is 61.0 Å². The second-order valence-electron chi connectivity index (χ2n) is 22.0. The summed E-state index contributed by atoms with van der Waals surface area (Å²) < 4.78 is 32.8. The van der Waals surface area contributed by atoms with Gasteiger partial charge in [-0.1, -0.05) is 247 Å². The molecule has 2 heterocycles. The Bertz CT molecular complexity index is 2980. The van der Waals surface area contributed by atoms with Gasteiger partial charge in [-0.25, -0.2) is 18.6 Å². The van der Waals surface area contributed by atoms with Crippen LogP contribution in [0.2, 0.25) is 0 Å². The zero-order valence-electron chi connectivity index (χ0n) is 61.0. The predicted octanol–water partition coefficient (Wildman–Crippen LogP) is 14.9. The van der Waals surface area contributed by atoms with Crippen LogP contribution in [-0.4, -0.2) is 118 Å². The van der Waals surface area contributed by atoms with Gasteiger partial charge in [0.2, 0.25) is 0 Å². The van der Waals surface area contributed by atoms with Crippen LogP contribution < -0.4 is 64.0 Å². The molecule has 2 atom stereocenters. The first-order valence-electron chi connectivity index (χ1n) is 33.3. The number of aliphatic hydroxyl groups excluding tert-OH is 1. The number of allylic oxidation sites excluding steroid dienone is 4. The van der Waals surface area contributed by atoms with Gasteiger partial charge in [-0.2, -0.15) is 11.8 Å². The van der Waals surface area contributed by atoms with E-state index in [-0.39, 0.29) is 73.9 Å². The first kappa shape index (κ1) is 93.9. The number of aliphatic hydroxyl groups is 1. The number of ketones is 1. The van der Waals surface area contributed by atoms with Crippen molar-refractivity contribution >= 4 is 97.9 Å². The van der Waals surface area contributed by atoms with Crippen LogP contribution in [0.5, 0.6) is 11.5 Å². The summed E-state index contributed by atoms with van der Waals surface area (Å²) in [5, 5.41) is 16.2. The number of hydrogen-bond acceptors (Lipinski definition) is 9. The van der Waals surface area contributed by atoms with Crippen molar-refractivity contribution in [2.75, 3.05) is 59.3 Å². The van der Waals surface area contributed by atoms with Crippen LogP contribution in [0.25, 0.3) is 0 Å². The van der Waals surface area contributed by atoms with Crippen LogP contribution in [0.4, 0.5) is 0 Å². The molecule has 97 heavy (non-hydrogen) atoms. The summed E-state index contributed by atoms with van der Waals surface area (Å²) in [6.07, 6.45) is 18.6. The summed E-state index contributed by atoms with van der Waals surface area (Å²) in [6, 6.07) is 71.7. The van der Waals surface area contributed by atoms with E-state index in [4.69, 9.17) is 39.3 Å². The molecule has 2 saturated heterocycles. The molecule has 0 amide bonds. The number of carbonyl (C=O) groups is 1. The average molecular weight is 1460 g/mol.